The number of thiophene rings is 1. The number of aromatic nitrogens is 5. The van der Waals surface area contributed by atoms with Crippen molar-refractivity contribution in [1.29, 1.82) is 0 Å². The highest BCUT2D eigenvalue weighted by Gasteiger charge is 2.49. The average molecular weight is 687 g/mol. The zero-order chi connectivity index (χ0) is 32.0. The monoisotopic (exact) mass is 686 g/mol. The first-order chi connectivity index (χ1) is 21.9. The molecule has 5 aromatic rings. The van der Waals surface area contributed by atoms with Crippen LogP contribution in [-0.2, 0) is 25.0 Å². The maximum Gasteiger partial charge on any atom is 0.250 e. The fourth-order valence-electron chi connectivity index (χ4n) is 6.66. The maximum absolute atomic E-state index is 16.2. The Morgan fingerprint density at radius 3 is 2.76 bits per heavy atom. The van der Waals surface area contributed by atoms with Crippen molar-refractivity contribution in [2.75, 3.05) is 44.1 Å². The lowest BCUT2D eigenvalue weighted by Gasteiger charge is -2.28. The van der Waals surface area contributed by atoms with Gasteiger partial charge in [0.2, 0.25) is 15.0 Å². The zero-order valence-corrected chi connectivity index (χ0v) is 27.7. The van der Waals surface area contributed by atoms with Gasteiger partial charge in [-0.1, -0.05) is 11.6 Å². The number of halogens is 2. The number of hydrogen-bond donors (Lipinski definition) is 1. The number of alkyl halides is 1. The van der Waals surface area contributed by atoms with Gasteiger partial charge in [-0.2, -0.15) is 5.10 Å². The van der Waals surface area contributed by atoms with Gasteiger partial charge in [-0.3, -0.25) is 4.98 Å². The Hall–Kier alpha value is -3.01. The van der Waals surface area contributed by atoms with Gasteiger partial charge in [0, 0.05) is 52.5 Å². The molecule has 1 unspecified atom stereocenters. The minimum absolute atomic E-state index is 0.132. The number of fused-ring (bicyclic) bond motifs is 4. The summed E-state index contributed by atoms with van der Waals surface area (Å²) in [4.78, 5) is 16.1. The molecule has 8 rings (SSSR count). The summed E-state index contributed by atoms with van der Waals surface area (Å²) in [5.74, 6) is 0.377. The van der Waals surface area contributed by atoms with Crippen LogP contribution in [0.3, 0.4) is 0 Å². The third kappa shape index (κ3) is 5.04. The summed E-state index contributed by atoms with van der Waals surface area (Å²) in [6.07, 6.45) is 7.70. The summed E-state index contributed by atoms with van der Waals surface area (Å²) in [7, 11) is -3.79. The highest BCUT2D eigenvalue weighted by Crippen LogP contribution is 2.57. The van der Waals surface area contributed by atoms with Crippen LogP contribution < -0.4 is 4.90 Å². The van der Waals surface area contributed by atoms with Crippen LogP contribution in [0.15, 0.2) is 29.7 Å². The van der Waals surface area contributed by atoms with E-state index in [1.54, 1.807) is 25.4 Å². The van der Waals surface area contributed by atoms with E-state index in [4.69, 9.17) is 31.2 Å². The number of anilines is 1. The van der Waals surface area contributed by atoms with Gasteiger partial charge in [0.1, 0.15) is 21.9 Å². The molecule has 1 aliphatic carbocycles. The Balaban J connectivity index is 1.41. The van der Waals surface area contributed by atoms with Gasteiger partial charge in [-0.15, -0.1) is 11.3 Å². The van der Waals surface area contributed by atoms with Crippen LogP contribution in [0.1, 0.15) is 50.8 Å². The second kappa shape index (κ2) is 10.8. The Labute approximate surface area is 273 Å². The molecule has 242 valence electrons. The molecule has 2 atom stereocenters. The fraction of sp³-hybridized carbons (Fsp3) is 0.484. The topological polar surface area (TPSA) is 133 Å². The van der Waals surface area contributed by atoms with Crippen molar-refractivity contribution >= 4 is 69.8 Å². The van der Waals surface area contributed by atoms with Gasteiger partial charge in [-0.25, -0.2) is 27.5 Å². The van der Waals surface area contributed by atoms with Crippen LogP contribution in [0.5, 0.6) is 0 Å². The second-order valence-electron chi connectivity index (χ2n) is 12.8. The number of ether oxygens (including phenoxy) is 2. The van der Waals surface area contributed by atoms with E-state index in [0.717, 1.165) is 36.4 Å². The molecule has 1 saturated carbocycles. The molecule has 0 radical (unpaired) electrons. The normalized spacial score (nSPS) is 23.8. The third-order valence-corrected chi connectivity index (χ3v) is 11.2. The van der Waals surface area contributed by atoms with Crippen LogP contribution in [0.4, 0.5) is 10.2 Å². The summed E-state index contributed by atoms with van der Waals surface area (Å²) in [6.45, 7) is 3.31. The van der Waals surface area contributed by atoms with E-state index in [1.165, 1.54) is 11.3 Å². The molecule has 3 aliphatic rings. The molecule has 15 heteroatoms. The number of sulfone groups is 1. The smallest absolute Gasteiger partial charge is 0.250 e. The van der Waals surface area contributed by atoms with Crippen molar-refractivity contribution in [3.63, 3.8) is 0 Å². The fourth-order valence-corrected chi connectivity index (χ4v) is 8.76. The van der Waals surface area contributed by atoms with Crippen LogP contribution in [0.2, 0.25) is 5.02 Å². The first kappa shape index (κ1) is 30.3. The summed E-state index contributed by atoms with van der Waals surface area (Å²) in [6, 6.07) is 3.61. The minimum atomic E-state index is -3.79. The van der Waals surface area contributed by atoms with Crippen molar-refractivity contribution in [2.45, 2.75) is 61.7 Å². The molecule has 0 spiro atoms. The van der Waals surface area contributed by atoms with Crippen molar-refractivity contribution < 1.29 is 27.4 Å². The van der Waals surface area contributed by atoms with E-state index >= 15 is 4.39 Å². The van der Waals surface area contributed by atoms with Crippen molar-refractivity contribution in [1.82, 2.24) is 24.7 Å². The SMILES string of the molecule is C[C@@]1(O)COCCN(c2nc(S(C)(=O)=O)nc3sc4c(-c5c(C6(F)CC6)c(Cl)cc6c5cnn6C5CCCCO5)nccc4c23)C1. The largest absolute Gasteiger partial charge is 0.386 e. The van der Waals surface area contributed by atoms with Crippen LogP contribution in [-0.4, -0.2) is 83.0 Å². The molecule has 2 saturated heterocycles. The third-order valence-electron chi connectivity index (χ3n) is 8.95. The molecular formula is C31H32ClFN6O5S2. The number of β-amino-alcohol motifs (C(OH)–C–C–N with tert-alkyl or cyclic N) is 1. The number of pyridine rings is 1. The quantitative estimate of drug-likeness (QED) is 0.235. The Kier molecular flexibility index (Phi) is 7.09. The lowest BCUT2D eigenvalue weighted by molar-refractivity contribution is -0.0366. The predicted molar refractivity (Wildman–Crippen MR) is 174 cm³/mol. The summed E-state index contributed by atoms with van der Waals surface area (Å²) in [5.41, 5.74) is -0.615. The molecular weight excluding hydrogens is 655 g/mol. The van der Waals surface area contributed by atoms with E-state index in [2.05, 4.69) is 9.97 Å². The van der Waals surface area contributed by atoms with Gasteiger partial charge >= 0.3 is 0 Å². The molecule has 0 bridgehead atoms. The van der Waals surface area contributed by atoms with Crippen molar-refractivity contribution in [3.8, 4) is 11.3 Å². The van der Waals surface area contributed by atoms with E-state index in [-0.39, 0.29) is 24.5 Å². The van der Waals surface area contributed by atoms with E-state index in [9.17, 15) is 13.5 Å². The number of rotatable bonds is 5. The van der Waals surface area contributed by atoms with Gasteiger partial charge < -0.3 is 19.5 Å². The Bertz CT molecular complexity index is 2140. The summed E-state index contributed by atoms with van der Waals surface area (Å²) >= 11 is 8.21. The highest BCUT2D eigenvalue weighted by molar-refractivity contribution is 7.90. The van der Waals surface area contributed by atoms with Crippen molar-refractivity contribution in [3.05, 3.63) is 35.1 Å². The lowest BCUT2D eigenvalue weighted by Crippen LogP contribution is -2.42. The molecule has 46 heavy (non-hydrogen) atoms. The maximum atomic E-state index is 16.2. The van der Waals surface area contributed by atoms with Gasteiger partial charge in [0.05, 0.1) is 47.3 Å². The van der Waals surface area contributed by atoms with E-state index in [1.807, 2.05) is 15.6 Å². The molecule has 1 N–H and O–H groups in total. The molecule has 3 fully saturated rings. The number of aliphatic hydroxyl groups is 1. The number of hydrogen-bond acceptors (Lipinski definition) is 11. The van der Waals surface area contributed by atoms with Gasteiger partial charge in [0.15, 0.2) is 6.23 Å². The average Bonchev–Trinajstić information content (AvgIpc) is 3.50. The van der Waals surface area contributed by atoms with E-state index in [0.29, 0.717) is 80.6 Å². The molecule has 6 heterocycles. The summed E-state index contributed by atoms with van der Waals surface area (Å²) in [5, 5.41) is 17.7. The van der Waals surface area contributed by atoms with Crippen molar-refractivity contribution in [2.24, 2.45) is 0 Å². The first-order valence-electron chi connectivity index (χ1n) is 15.3. The van der Waals surface area contributed by atoms with E-state index < -0.39 is 21.1 Å². The lowest BCUT2D eigenvalue weighted by atomic mass is 9.94. The van der Waals surface area contributed by atoms with Crippen LogP contribution in [0.25, 0.3) is 42.5 Å². The Morgan fingerprint density at radius 1 is 1.20 bits per heavy atom. The highest BCUT2D eigenvalue weighted by atomic mass is 35.5. The molecule has 11 nitrogen and oxygen atoms in total. The number of benzene rings is 1. The standard InChI is InChI=1S/C31H32ClFN6O5S2/c1-30(40)15-38(10-12-43-16-30)27-23-17-6-9-34-25(26(17)45-28(23)37-29(36-27)46(2,41)42)22-18-14-35-39(21-5-3-4-11-44-21)20(18)13-19(32)24(22)31(33)7-8-31/h6,9,13-14,21,40H,3-5,7-8,10-12,15-16H2,1-2H3/t21?,30-/m0/s1. The predicted octanol–water partition coefficient (Wildman–Crippen LogP) is 5.56. The molecule has 1 aromatic carbocycles. The Morgan fingerprint density at radius 2 is 2.02 bits per heavy atom. The van der Waals surface area contributed by atoms with Gasteiger partial charge in [0.25, 0.3) is 0 Å². The zero-order valence-electron chi connectivity index (χ0n) is 25.3. The minimum Gasteiger partial charge on any atom is -0.386 e. The first-order valence-corrected chi connectivity index (χ1v) is 18.4. The van der Waals surface area contributed by atoms with Crippen LogP contribution >= 0.6 is 22.9 Å². The second-order valence-corrected chi connectivity index (χ2v) is 16.1. The molecule has 0 amide bonds. The summed E-state index contributed by atoms with van der Waals surface area (Å²) < 4.78 is 56.0. The van der Waals surface area contributed by atoms with Gasteiger partial charge in [-0.05, 0) is 51.2 Å². The molecule has 4 aromatic heterocycles. The van der Waals surface area contributed by atoms with Crippen LogP contribution in [0, 0.1) is 0 Å². The number of nitrogens with zero attached hydrogens (tertiary/aromatic N) is 6. The molecule has 2 aliphatic heterocycles.